The van der Waals surface area contributed by atoms with Crippen molar-refractivity contribution in [3.63, 3.8) is 0 Å². The zero-order valence-electron chi connectivity index (χ0n) is 11.0. The lowest BCUT2D eigenvalue weighted by molar-refractivity contribution is -0.117. The molecule has 1 atom stereocenters. The molecule has 1 aromatic carbocycles. The van der Waals surface area contributed by atoms with E-state index in [2.05, 4.69) is 17.6 Å². The number of hydrogen-bond acceptors (Lipinski definition) is 2. The highest BCUT2D eigenvalue weighted by Crippen LogP contribution is 2.24. The SMILES string of the molecule is C[C@H](CC(=O)Nc1ccccc1)C1CCNCC1. The Bertz CT molecular complexity index is 371. The van der Waals surface area contributed by atoms with E-state index in [0.29, 0.717) is 18.3 Å². The summed E-state index contributed by atoms with van der Waals surface area (Å²) in [6.07, 6.45) is 3.01. The summed E-state index contributed by atoms with van der Waals surface area (Å²) >= 11 is 0. The molecule has 18 heavy (non-hydrogen) atoms. The van der Waals surface area contributed by atoms with Crippen LogP contribution in [0.3, 0.4) is 0 Å². The minimum atomic E-state index is 0.132. The van der Waals surface area contributed by atoms with Gasteiger partial charge >= 0.3 is 0 Å². The van der Waals surface area contributed by atoms with Crippen LogP contribution in [0.25, 0.3) is 0 Å². The maximum absolute atomic E-state index is 11.9. The minimum absolute atomic E-state index is 0.132. The van der Waals surface area contributed by atoms with Crippen molar-refractivity contribution in [1.82, 2.24) is 5.32 Å². The van der Waals surface area contributed by atoms with Crippen LogP contribution < -0.4 is 10.6 Å². The first-order valence-electron chi connectivity index (χ1n) is 6.81. The molecular formula is C15H22N2O. The molecule has 0 aromatic heterocycles. The van der Waals surface area contributed by atoms with Crippen molar-refractivity contribution in [2.24, 2.45) is 11.8 Å². The van der Waals surface area contributed by atoms with E-state index >= 15 is 0 Å². The van der Waals surface area contributed by atoms with Gasteiger partial charge in [0.2, 0.25) is 5.91 Å². The second-order valence-corrected chi connectivity index (χ2v) is 5.18. The summed E-state index contributed by atoms with van der Waals surface area (Å²) in [7, 11) is 0. The van der Waals surface area contributed by atoms with Gasteiger partial charge in [-0.1, -0.05) is 25.1 Å². The van der Waals surface area contributed by atoms with Crippen LogP contribution >= 0.6 is 0 Å². The van der Waals surface area contributed by atoms with E-state index in [9.17, 15) is 4.79 Å². The fraction of sp³-hybridized carbons (Fsp3) is 0.533. The van der Waals surface area contributed by atoms with Crippen LogP contribution in [-0.4, -0.2) is 19.0 Å². The van der Waals surface area contributed by atoms with Gasteiger partial charge < -0.3 is 10.6 Å². The zero-order valence-corrected chi connectivity index (χ0v) is 11.0. The Balaban J connectivity index is 1.79. The van der Waals surface area contributed by atoms with E-state index < -0.39 is 0 Å². The minimum Gasteiger partial charge on any atom is -0.326 e. The van der Waals surface area contributed by atoms with Crippen LogP contribution in [0.4, 0.5) is 5.69 Å². The lowest BCUT2D eigenvalue weighted by atomic mass is 9.84. The van der Waals surface area contributed by atoms with Gasteiger partial charge in [0.15, 0.2) is 0 Å². The largest absolute Gasteiger partial charge is 0.326 e. The number of rotatable bonds is 4. The Labute approximate surface area is 109 Å². The van der Waals surface area contributed by atoms with Crippen molar-refractivity contribution < 1.29 is 4.79 Å². The smallest absolute Gasteiger partial charge is 0.224 e. The summed E-state index contributed by atoms with van der Waals surface area (Å²) in [4.78, 5) is 11.9. The van der Waals surface area contributed by atoms with Crippen molar-refractivity contribution in [1.29, 1.82) is 0 Å². The van der Waals surface area contributed by atoms with E-state index in [0.717, 1.165) is 18.8 Å². The lowest BCUT2D eigenvalue weighted by Gasteiger charge is -2.27. The predicted octanol–water partition coefficient (Wildman–Crippen LogP) is 2.65. The number of piperidine rings is 1. The molecule has 1 amide bonds. The third-order valence-corrected chi connectivity index (χ3v) is 3.75. The van der Waals surface area contributed by atoms with Gasteiger partial charge in [0.25, 0.3) is 0 Å². The molecule has 3 nitrogen and oxygen atoms in total. The molecule has 0 aliphatic carbocycles. The fourth-order valence-electron chi connectivity index (χ4n) is 2.61. The van der Waals surface area contributed by atoms with Gasteiger partial charge in [-0.2, -0.15) is 0 Å². The van der Waals surface area contributed by atoms with Gasteiger partial charge in [-0.3, -0.25) is 4.79 Å². The molecule has 1 heterocycles. The zero-order chi connectivity index (χ0) is 12.8. The van der Waals surface area contributed by atoms with Crippen molar-refractivity contribution in [3.8, 4) is 0 Å². The highest BCUT2D eigenvalue weighted by molar-refractivity contribution is 5.90. The van der Waals surface area contributed by atoms with Crippen molar-refractivity contribution in [3.05, 3.63) is 30.3 Å². The molecule has 1 aliphatic heterocycles. The molecule has 3 heteroatoms. The van der Waals surface area contributed by atoms with Crippen LogP contribution in [0.5, 0.6) is 0 Å². The molecule has 1 saturated heterocycles. The molecule has 0 unspecified atom stereocenters. The number of carbonyl (C=O) groups excluding carboxylic acids is 1. The second-order valence-electron chi connectivity index (χ2n) is 5.18. The Morgan fingerprint density at radius 2 is 2.00 bits per heavy atom. The van der Waals surface area contributed by atoms with E-state index in [1.165, 1.54) is 12.8 Å². The van der Waals surface area contributed by atoms with E-state index in [-0.39, 0.29) is 5.91 Å². The highest BCUT2D eigenvalue weighted by Gasteiger charge is 2.21. The third-order valence-electron chi connectivity index (χ3n) is 3.75. The van der Waals surface area contributed by atoms with Crippen LogP contribution in [0.1, 0.15) is 26.2 Å². The quantitative estimate of drug-likeness (QED) is 0.857. The van der Waals surface area contributed by atoms with Gasteiger partial charge in [-0.25, -0.2) is 0 Å². The van der Waals surface area contributed by atoms with Gasteiger partial charge in [-0.15, -0.1) is 0 Å². The fourth-order valence-corrected chi connectivity index (χ4v) is 2.61. The van der Waals surface area contributed by atoms with Crippen LogP contribution in [0, 0.1) is 11.8 Å². The normalized spacial score (nSPS) is 18.3. The summed E-state index contributed by atoms with van der Waals surface area (Å²) in [5.74, 6) is 1.29. The number of amides is 1. The predicted molar refractivity (Wildman–Crippen MR) is 74.4 cm³/mol. The van der Waals surface area contributed by atoms with Gasteiger partial charge in [0.05, 0.1) is 0 Å². The number of hydrogen-bond donors (Lipinski definition) is 2. The molecule has 2 rings (SSSR count). The Kier molecular flexibility index (Phi) is 4.76. The first kappa shape index (κ1) is 13.1. The van der Waals surface area contributed by atoms with Crippen LogP contribution in [0.15, 0.2) is 30.3 Å². The highest BCUT2D eigenvalue weighted by atomic mass is 16.1. The Morgan fingerprint density at radius 3 is 2.67 bits per heavy atom. The van der Waals surface area contributed by atoms with E-state index in [4.69, 9.17) is 0 Å². The van der Waals surface area contributed by atoms with E-state index in [1.807, 2.05) is 30.3 Å². The maximum atomic E-state index is 11.9. The Hall–Kier alpha value is -1.35. The van der Waals surface area contributed by atoms with Crippen LogP contribution in [-0.2, 0) is 4.79 Å². The number of anilines is 1. The Morgan fingerprint density at radius 1 is 1.33 bits per heavy atom. The molecule has 1 aromatic rings. The number of benzene rings is 1. The average Bonchev–Trinajstić information content (AvgIpc) is 2.40. The molecule has 0 saturated carbocycles. The van der Waals surface area contributed by atoms with Crippen molar-refractivity contribution >= 4 is 11.6 Å². The summed E-state index contributed by atoms with van der Waals surface area (Å²) in [6, 6.07) is 9.67. The molecule has 0 bridgehead atoms. The molecule has 98 valence electrons. The second kappa shape index (κ2) is 6.55. The average molecular weight is 246 g/mol. The van der Waals surface area contributed by atoms with E-state index in [1.54, 1.807) is 0 Å². The molecule has 0 spiro atoms. The number of carbonyl (C=O) groups is 1. The number of para-hydroxylation sites is 1. The topological polar surface area (TPSA) is 41.1 Å². The first-order valence-corrected chi connectivity index (χ1v) is 6.81. The summed E-state index contributed by atoms with van der Waals surface area (Å²) in [5.41, 5.74) is 0.889. The summed E-state index contributed by atoms with van der Waals surface area (Å²) in [5, 5.41) is 6.32. The monoisotopic (exact) mass is 246 g/mol. The molecule has 0 radical (unpaired) electrons. The standard InChI is InChI=1S/C15H22N2O/c1-12(13-7-9-16-10-8-13)11-15(18)17-14-5-3-2-4-6-14/h2-6,12-13,16H,7-11H2,1H3,(H,17,18)/t12-/m1/s1. The maximum Gasteiger partial charge on any atom is 0.224 e. The lowest BCUT2D eigenvalue weighted by Crippen LogP contribution is -2.32. The van der Waals surface area contributed by atoms with Crippen molar-refractivity contribution in [2.75, 3.05) is 18.4 Å². The molecule has 1 aliphatic rings. The third kappa shape index (κ3) is 3.84. The molecule has 2 N–H and O–H groups in total. The van der Waals surface area contributed by atoms with Crippen molar-refractivity contribution in [2.45, 2.75) is 26.2 Å². The van der Waals surface area contributed by atoms with Gasteiger partial charge in [0, 0.05) is 12.1 Å². The molecular weight excluding hydrogens is 224 g/mol. The van der Waals surface area contributed by atoms with Gasteiger partial charge in [-0.05, 0) is 49.9 Å². The number of nitrogens with one attached hydrogen (secondary N) is 2. The summed E-state index contributed by atoms with van der Waals surface area (Å²) < 4.78 is 0. The molecule has 1 fully saturated rings. The van der Waals surface area contributed by atoms with Crippen LogP contribution in [0.2, 0.25) is 0 Å². The van der Waals surface area contributed by atoms with Gasteiger partial charge in [0.1, 0.15) is 0 Å². The first-order chi connectivity index (χ1) is 8.75. The summed E-state index contributed by atoms with van der Waals surface area (Å²) in [6.45, 7) is 4.38.